The minimum atomic E-state index is -3.94. The molecule has 1 saturated carbocycles. The number of imidazole rings is 1. The van der Waals surface area contributed by atoms with Crippen LogP contribution in [-0.2, 0) is 28.3 Å². The molecule has 16 heteroatoms. The second-order valence-corrected chi connectivity index (χ2v) is 8.97. The molecule has 4 N–H and O–H groups in total. The van der Waals surface area contributed by atoms with E-state index < -0.39 is 50.2 Å². The fourth-order valence-corrected chi connectivity index (χ4v) is 4.65. The van der Waals surface area contributed by atoms with Crippen LogP contribution < -0.4 is 20.9 Å². The van der Waals surface area contributed by atoms with Crippen molar-refractivity contribution in [3.05, 3.63) is 22.5 Å². The molecule has 0 spiro atoms. The fourth-order valence-electron chi connectivity index (χ4n) is 3.18. The van der Waals surface area contributed by atoms with Gasteiger partial charge in [0.1, 0.15) is 6.33 Å². The van der Waals surface area contributed by atoms with Gasteiger partial charge >= 0.3 is 5.69 Å². The first-order valence-electron chi connectivity index (χ1n) is 8.01. The van der Waals surface area contributed by atoms with E-state index >= 15 is 0 Å². The molecule has 2 aromatic heterocycles. The Morgan fingerprint density at radius 2 is 2.04 bits per heavy atom. The lowest BCUT2D eigenvalue weighted by Crippen LogP contribution is -2.51. The maximum atomic E-state index is 12.6. The van der Waals surface area contributed by atoms with Crippen molar-refractivity contribution in [1.82, 2.24) is 34.4 Å². The molecule has 2 heterocycles. The molecule has 0 saturated heterocycles. The molecular weight excluding hydrogens is 416 g/mol. The number of aryl methyl sites for hydroxylation is 1. The first-order chi connectivity index (χ1) is 13.1. The van der Waals surface area contributed by atoms with E-state index in [0.717, 1.165) is 15.4 Å². The summed E-state index contributed by atoms with van der Waals surface area (Å²) in [6.45, 7) is 0. The summed E-state index contributed by atoms with van der Waals surface area (Å²) in [7, 11) is -2.55. The van der Waals surface area contributed by atoms with E-state index in [-0.39, 0.29) is 30.6 Å². The molecule has 1 fully saturated rings. The first-order valence-corrected chi connectivity index (χ1v) is 10.7. The third kappa shape index (κ3) is 4.25. The number of primary sulfonamides is 1. The van der Waals surface area contributed by atoms with Crippen molar-refractivity contribution in [3.63, 3.8) is 0 Å². The van der Waals surface area contributed by atoms with E-state index in [0.29, 0.717) is 0 Å². The highest BCUT2D eigenvalue weighted by Crippen LogP contribution is 2.24. The number of aromatic nitrogens is 5. The molecule has 28 heavy (non-hydrogen) atoms. The van der Waals surface area contributed by atoms with Crippen LogP contribution in [0.1, 0.15) is 29.8 Å². The Kier molecular flexibility index (Phi) is 5.57. The lowest BCUT2D eigenvalue weighted by atomic mass is 9.91. The SMILES string of the molecule is Cn1nnc2c(C(=O)NC3CC(NS(=O)[O-])CC(S(N)(=O)=O)C3)ncn2c1=O. The van der Waals surface area contributed by atoms with E-state index in [1.807, 2.05) is 0 Å². The molecule has 14 nitrogen and oxygen atoms in total. The second kappa shape index (κ2) is 7.63. The highest BCUT2D eigenvalue weighted by Gasteiger charge is 2.36. The van der Waals surface area contributed by atoms with Crippen molar-refractivity contribution in [3.8, 4) is 0 Å². The molecule has 4 atom stereocenters. The van der Waals surface area contributed by atoms with Crippen molar-refractivity contribution < 1.29 is 22.0 Å². The van der Waals surface area contributed by atoms with Crippen molar-refractivity contribution >= 4 is 32.8 Å². The predicted molar refractivity (Wildman–Crippen MR) is 93.9 cm³/mol. The number of rotatable bonds is 5. The largest absolute Gasteiger partial charge is 0.760 e. The van der Waals surface area contributed by atoms with Gasteiger partial charge in [0, 0.05) is 30.4 Å². The molecule has 2 aromatic rings. The molecule has 3 rings (SSSR count). The van der Waals surface area contributed by atoms with Gasteiger partial charge in [0.2, 0.25) is 10.0 Å². The zero-order valence-corrected chi connectivity index (χ0v) is 16.1. The Bertz CT molecular complexity index is 1100. The summed E-state index contributed by atoms with van der Waals surface area (Å²) in [5, 5.41) is 14.1. The number of amides is 1. The van der Waals surface area contributed by atoms with Gasteiger partial charge in [-0.1, -0.05) is 5.21 Å². The van der Waals surface area contributed by atoms with Gasteiger partial charge in [0.05, 0.1) is 5.25 Å². The van der Waals surface area contributed by atoms with Crippen LogP contribution in [0.5, 0.6) is 0 Å². The molecule has 1 aliphatic carbocycles. The van der Waals surface area contributed by atoms with Gasteiger partial charge in [0.15, 0.2) is 11.3 Å². The lowest BCUT2D eigenvalue weighted by Gasteiger charge is -2.34. The number of carbonyl (C=O) groups is 1. The Hall–Kier alpha value is -2.27. The van der Waals surface area contributed by atoms with Gasteiger partial charge in [-0.05, 0) is 19.3 Å². The van der Waals surface area contributed by atoms with Gasteiger partial charge in [-0.25, -0.2) is 32.5 Å². The van der Waals surface area contributed by atoms with Crippen LogP contribution in [0.4, 0.5) is 0 Å². The molecule has 0 aromatic carbocycles. The monoisotopic (exact) mass is 433 g/mol. The van der Waals surface area contributed by atoms with Crippen molar-refractivity contribution in [2.45, 2.75) is 36.6 Å². The fraction of sp³-hybridized carbons (Fsp3) is 0.583. The maximum Gasteiger partial charge on any atom is 0.352 e. The Morgan fingerprint density at radius 3 is 2.68 bits per heavy atom. The Balaban J connectivity index is 1.83. The minimum Gasteiger partial charge on any atom is -0.760 e. The van der Waals surface area contributed by atoms with E-state index in [1.54, 1.807) is 0 Å². The molecule has 1 amide bonds. The summed E-state index contributed by atoms with van der Waals surface area (Å²) in [6, 6.07) is -1.41. The first kappa shape index (κ1) is 20.5. The minimum absolute atomic E-state index is 0.00584. The van der Waals surface area contributed by atoms with Gasteiger partial charge in [-0.3, -0.25) is 9.00 Å². The number of nitrogens with two attached hydrogens (primary N) is 1. The third-order valence-electron chi connectivity index (χ3n) is 4.44. The van der Waals surface area contributed by atoms with E-state index in [1.165, 1.54) is 7.05 Å². The summed E-state index contributed by atoms with van der Waals surface area (Å²) in [5.41, 5.74) is -0.778. The van der Waals surface area contributed by atoms with Gasteiger partial charge in [0.25, 0.3) is 5.91 Å². The summed E-state index contributed by atoms with van der Waals surface area (Å²) in [5.74, 6) is -0.702. The highest BCUT2D eigenvalue weighted by atomic mass is 32.2. The smallest absolute Gasteiger partial charge is 0.352 e. The van der Waals surface area contributed by atoms with Crippen LogP contribution in [0.25, 0.3) is 5.65 Å². The number of nitrogens with zero attached hydrogens (tertiary/aromatic N) is 5. The highest BCUT2D eigenvalue weighted by molar-refractivity contribution is 7.89. The van der Waals surface area contributed by atoms with Gasteiger partial charge < -0.3 is 9.87 Å². The van der Waals surface area contributed by atoms with E-state index in [4.69, 9.17) is 5.14 Å². The maximum absolute atomic E-state index is 12.6. The van der Waals surface area contributed by atoms with E-state index in [9.17, 15) is 26.8 Å². The van der Waals surface area contributed by atoms with Crippen LogP contribution in [-0.4, -0.2) is 64.8 Å². The average molecular weight is 433 g/mol. The van der Waals surface area contributed by atoms with Crippen molar-refractivity contribution in [1.29, 1.82) is 0 Å². The van der Waals surface area contributed by atoms with Crippen LogP contribution in [0.2, 0.25) is 0 Å². The second-order valence-electron chi connectivity index (χ2n) is 6.42. The van der Waals surface area contributed by atoms with Crippen LogP contribution in [0.3, 0.4) is 0 Å². The zero-order chi connectivity index (χ0) is 20.6. The van der Waals surface area contributed by atoms with Crippen molar-refractivity contribution in [2.75, 3.05) is 0 Å². The summed E-state index contributed by atoms with van der Waals surface area (Å²) in [6.07, 6.45) is 1.28. The average Bonchev–Trinajstić information content (AvgIpc) is 3.01. The Labute approximate surface area is 161 Å². The number of carbonyl (C=O) groups excluding carboxylic acids is 1. The molecule has 0 radical (unpaired) electrons. The quantitative estimate of drug-likeness (QED) is 0.399. The van der Waals surface area contributed by atoms with Gasteiger partial charge in [-0.15, -0.1) is 5.10 Å². The van der Waals surface area contributed by atoms with E-state index in [2.05, 4.69) is 25.3 Å². The topological polar surface area (TPSA) is 206 Å². The normalized spacial score (nSPS) is 24.2. The molecule has 0 bridgehead atoms. The molecule has 154 valence electrons. The van der Waals surface area contributed by atoms with Crippen LogP contribution in [0.15, 0.2) is 11.1 Å². The van der Waals surface area contributed by atoms with Crippen LogP contribution >= 0.6 is 0 Å². The lowest BCUT2D eigenvalue weighted by molar-refractivity contribution is 0.0922. The third-order valence-corrected chi connectivity index (χ3v) is 6.28. The number of sulfonamides is 1. The summed E-state index contributed by atoms with van der Waals surface area (Å²) < 4.78 is 49.5. The number of hydrogen-bond donors (Lipinski definition) is 3. The summed E-state index contributed by atoms with van der Waals surface area (Å²) in [4.78, 5) is 28.4. The van der Waals surface area contributed by atoms with Crippen LogP contribution in [0, 0.1) is 0 Å². The molecule has 4 unspecified atom stereocenters. The predicted octanol–water partition coefficient (Wildman–Crippen LogP) is -3.49. The summed E-state index contributed by atoms with van der Waals surface area (Å²) >= 11 is -2.60. The number of fused-ring (bicyclic) bond motifs is 1. The molecule has 0 aliphatic heterocycles. The standard InChI is InChI=1S/C12H18N8O6S2/c1-19-12(22)20-5-14-9(10(20)16-18-19)11(21)15-6-2-7(17-27(23)24)4-8(3-6)28(13,25)26/h5-8,17H,2-4H2,1H3,(H,15,21)(H,23,24)(H2,13,25,26)/p-1. The van der Waals surface area contributed by atoms with Gasteiger partial charge in [-0.2, -0.15) is 4.68 Å². The van der Waals surface area contributed by atoms with Crippen molar-refractivity contribution in [2.24, 2.45) is 12.2 Å². The molecule has 1 aliphatic rings. The number of nitrogens with one attached hydrogen (secondary N) is 2. The molecular formula is C12H17N8O6S2-. The Morgan fingerprint density at radius 1 is 1.36 bits per heavy atom. The number of hydrogen-bond acceptors (Lipinski definition) is 9. The zero-order valence-electron chi connectivity index (χ0n) is 14.5.